The van der Waals surface area contributed by atoms with Gasteiger partial charge in [-0.25, -0.2) is 13.1 Å². The molecule has 0 aliphatic carbocycles. The molecule has 1 aromatic rings. The molecule has 2 rings (SSSR count). The van der Waals surface area contributed by atoms with E-state index in [1.54, 1.807) is 24.3 Å². The van der Waals surface area contributed by atoms with E-state index in [2.05, 4.69) is 4.72 Å². The fourth-order valence-electron chi connectivity index (χ4n) is 2.73. The van der Waals surface area contributed by atoms with Gasteiger partial charge in [-0.3, -0.25) is 4.79 Å². The Morgan fingerprint density at radius 3 is 2.30 bits per heavy atom. The van der Waals surface area contributed by atoms with Crippen molar-refractivity contribution in [2.24, 2.45) is 0 Å². The third-order valence-corrected chi connectivity index (χ3v) is 5.63. The van der Waals surface area contributed by atoms with Crippen molar-refractivity contribution in [1.29, 1.82) is 0 Å². The third-order valence-electron chi connectivity index (χ3n) is 4.15. The largest absolute Gasteiger partial charge is 0.343 e. The Balaban J connectivity index is 1.75. The predicted molar refractivity (Wildman–Crippen MR) is 90.6 cm³/mol. The Bertz CT molecular complexity index is 603. The average molecular weight is 338 g/mol. The van der Waals surface area contributed by atoms with Crippen molar-refractivity contribution in [2.75, 3.05) is 19.6 Å². The molecule has 1 fully saturated rings. The van der Waals surface area contributed by atoms with Crippen molar-refractivity contribution >= 4 is 15.9 Å². The normalized spacial score (nSPS) is 16.1. The molecule has 5 nitrogen and oxygen atoms in total. The molecule has 0 bridgehead atoms. The minimum atomic E-state index is -3.48. The third kappa shape index (κ3) is 5.62. The number of sulfonamides is 1. The number of hydrogen-bond acceptors (Lipinski definition) is 3. The lowest BCUT2D eigenvalue weighted by atomic mass is 10.2. The van der Waals surface area contributed by atoms with Crippen LogP contribution in [0, 0.1) is 6.92 Å². The summed E-state index contributed by atoms with van der Waals surface area (Å²) in [5.41, 5.74) is 1.02. The number of aryl methyl sites for hydroxylation is 1. The molecule has 6 heteroatoms. The van der Waals surface area contributed by atoms with Crippen molar-refractivity contribution in [3.63, 3.8) is 0 Å². The second-order valence-corrected chi connectivity index (χ2v) is 7.88. The number of rotatable bonds is 6. The molecular formula is C17H26N2O3S. The van der Waals surface area contributed by atoms with E-state index in [1.165, 1.54) is 12.8 Å². The highest BCUT2D eigenvalue weighted by Crippen LogP contribution is 2.12. The first-order valence-corrected chi connectivity index (χ1v) is 9.81. The molecule has 1 saturated heterocycles. The molecule has 1 heterocycles. The van der Waals surface area contributed by atoms with E-state index in [1.807, 2.05) is 11.8 Å². The van der Waals surface area contributed by atoms with Gasteiger partial charge in [-0.2, -0.15) is 0 Å². The van der Waals surface area contributed by atoms with Crippen LogP contribution in [0.3, 0.4) is 0 Å². The van der Waals surface area contributed by atoms with E-state index in [0.717, 1.165) is 31.5 Å². The zero-order chi connectivity index (χ0) is 16.7. The SMILES string of the molecule is Cc1ccc(S(=O)(=O)NCCCC(=O)N2CCCCCC2)cc1. The van der Waals surface area contributed by atoms with Gasteiger partial charge in [-0.05, 0) is 38.3 Å². The fraction of sp³-hybridized carbons (Fsp3) is 0.588. The summed E-state index contributed by atoms with van der Waals surface area (Å²) >= 11 is 0. The highest BCUT2D eigenvalue weighted by atomic mass is 32.2. The fourth-order valence-corrected chi connectivity index (χ4v) is 3.80. The first-order valence-electron chi connectivity index (χ1n) is 8.33. The van der Waals surface area contributed by atoms with E-state index >= 15 is 0 Å². The zero-order valence-electron chi connectivity index (χ0n) is 13.8. The molecule has 0 saturated carbocycles. The van der Waals surface area contributed by atoms with Crippen LogP contribution in [0.25, 0.3) is 0 Å². The Morgan fingerprint density at radius 2 is 1.70 bits per heavy atom. The maximum absolute atomic E-state index is 12.1. The number of benzene rings is 1. The summed E-state index contributed by atoms with van der Waals surface area (Å²) in [4.78, 5) is 14.3. The summed E-state index contributed by atoms with van der Waals surface area (Å²) in [5.74, 6) is 0.140. The number of amides is 1. The lowest BCUT2D eigenvalue weighted by molar-refractivity contribution is -0.131. The minimum absolute atomic E-state index is 0.140. The molecule has 0 atom stereocenters. The molecule has 128 valence electrons. The molecule has 1 amide bonds. The number of likely N-dealkylation sites (tertiary alicyclic amines) is 1. The Labute approximate surface area is 139 Å². The molecule has 1 aliphatic heterocycles. The summed E-state index contributed by atoms with van der Waals surface area (Å²) in [7, 11) is -3.48. The minimum Gasteiger partial charge on any atom is -0.343 e. The standard InChI is InChI=1S/C17H26N2O3S/c1-15-8-10-16(11-9-15)23(21,22)18-12-6-7-17(20)19-13-4-2-3-5-14-19/h8-11,18H,2-7,12-14H2,1H3. The van der Waals surface area contributed by atoms with Crippen LogP contribution in [-0.2, 0) is 14.8 Å². The van der Waals surface area contributed by atoms with Gasteiger partial charge < -0.3 is 4.90 Å². The van der Waals surface area contributed by atoms with Crippen LogP contribution in [0.2, 0.25) is 0 Å². The van der Waals surface area contributed by atoms with Crippen LogP contribution in [0.15, 0.2) is 29.2 Å². The van der Waals surface area contributed by atoms with Crippen LogP contribution < -0.4 is 4.72 Å². The molecule has 1 aliphatic rings. The smallest absolute Gasteiger partial charge is 0.240 e. The molecule has 0 aromatic heterocycles. The van der Waals surface area contributed by atoms with Crippen molar-refractivity contribution in [3.05, 3.63) is 29.8 Å². The maximum atomic E-state index is 12.1. The number of carbonyl (C=O) groups is 1. The van der Waals surface area contributed by atoms with E-state index < -0.39 is 10.0 Å². The van der Waals surface area contributed by atoms with Crippen LogP contribution in [0.4, 0.5) is 0 Å². The zero-order valence-corrected chi connectivity index (χ0v) is 14.6. The summed E-state index contributed by atoms with van der Waals surface area (Å²) in [6.45, 7) is 3.88. The van der Waals surface area contributed by atoms with Gasteiger partial charge in [0.2, 0.25) is 15.9 Å². The lowest BCUT2D eigenvalue weighted by Crippen LogP contribution is -2.32. The average Bonchev–Trinajstić information content (AvgIpc) is 2.81. The second-order valence-electron chi connectivity index (χ2n) is 6.11. The number of nitrogens with one attached hydrogen (secondary N) is 1. The number of nitrogens with zero attached hydrogens (tertiary/aromatic N) is 1. The number of hydrogen-bond donors (Lipinski definition) is 1. The molecule has 0 radical (unpaired) electrons. The van der Waals surface area contributed by atoms with E-state index in [-0.39, 0.29) is 17.3 Å². The Hall–Kier alpha value is -1.40. The van der Waals surface area contributed by atoms with Crippen molar-refractivity contribution < 1.29 is 13.2 Å². The summed E-state index contributed by atoms with van der Waals surface area (Å²) < 4.78 is 26.8. The summed E-state index contributed by atoms with van der Waals surface area (Å²) in [5, 5.41) is 0. The monoisotopic (exact) mass is 338 g/mol. The van der Waals surface area contributed by atoms with E-state index in [4.69, 9.17) is 0 Å². The highest BCUT2D eigenvalue weighted by Gasteiger charge is 2.16. The van der Waals surface area contributed by atoms with Gasteiger partial charge in [0.25, 0.3) is 0 Å². The van der Waals surface area contributed by atoms with Gasteiger partial charge in [0, 0.05) is 26.1 Å². The number of carbonyl (C=O) groups excluding carboxylic acids is 1. The molecule has 23 heavy (non-hydrogen) atoms. The van der Waals surface area contributed by atoms with Crippen LogP contribution in [0.5, 0.6) is 0 Å². The first kappa shape index (κ1) is 17.9. The molecule has 1 N–H and O–H groups in total. The Morgan fingerprint density at radius 1 is 1.09 bits per heavy atom. The van der Waals surface area contributed by atoms with Crippen LogP contribution in [0.1, 0.15) is 44.1 Å². The van der Waals surface area contributed by atoms with Crippen LogP contribution in [-0.4, -0.2) is 38.9 Å². The van der Waals surface area contributed by atoms with Gasteiger partial charge in [-0.1, -0.05) is 30.5 Å². The van der Waals surface area contributed by atoms with E-state index in [9.17, 15) is 13.2 Å². The van der Waals surface area contributed by atoms with Crippen molar-refractivity contribution in [1.82, 2.24) is 9.62 Å². The molecule has 1 aromatic carbocycles. The first-order chi connectivity index (χ1) is 11.0. The van der Waals surface area contributed by atoms with Gasteiger partial charge in [0.05, 0.1) is 4.90 Å². The Kier molecular flexibility index (Phi) is 6.59. The second kappa shape index (κ2) is 8.45. The van der Waals surface area contributed by atoms with Gasteiger partial charge in [0.15, 0.2) is 0 Å². The predicted octanol–water partition coefficient (Wildman–Crippen LogP) is 2.46. The summed E-state index contributed by atoms with van der Waals surface area (Å²) in [6, 6.07) is 6.74. The summed E-state index contributed by atoms with van der Waals surface area (Å²) in [6.07, 6.45) is 5.47. The van der Waals surface area contributed by atoms with Crippen molar-refractivity contribution in [3.8, 4) is 0 Å². The molecular weight excluding hydrogens is 312 g/mol. The maximum Gasteiger partial charge on any atom is 0.240 e. The topological polar surface area (TPSA) is 66.5 Å². The quantitative estimate of drug-likeness (QED) is 0.810. The van der Waals surface area contributed by atoms with Gasteiger partial charge in [0.1, 0.15) is 0 Å². The van der Waals surface area contributed by atoms with E-state index in [0.29, 0.717) is 12.8 Å². The van der Waals surface area contributed by atoms with Crippen LogP contribution >= 0.6 is 0 Å². The molecule has 0 spiro atoms. The van der Waals surface area contributed by atoms with Gasteiger partial charge in [-0.15, -0.1) is 0 Å². The van der Waals surface area contributed by atoms with Gasteiger partial charge >= 0.3 is 0 Å². The highest BCUT2D eigenvalue weighted by molar-refractivity contribution is 7.89. The molecule has 0 unspecified atom stereocenters. The lowest BCUT2D eigenvalue weighted by Gasteiger charge is -2.20. The van der Waals surface area contributed by atoms with Crippen molar-refractivity contribution in [2.45, 2.75) is 50.3 Å².